The number of carbonyl (C=O) groups is 1. The summed E-state index contributed by atoms with van der Waals surface area (Å²) in [6, 6.07) is 15.9. The van der Waals surface area contributed by atoms with Gasteiger partial charge in [-0.2, -0.15) is 0 Å². The number of nitrogens with one attached hydrogen (secondary N) is 2. The van der Waals surface area contributed by atoms with Crippen LogP contribution in [0.15, 0.2) is 65.6 Å². The van der Waals surface area contributed by atoms with Gasteiger partial charge < -0.3 is 10.4 Å². The van der Waals surface area contributed by atoms with Gasteiger partial charge in [-0.25, -0.2) is 22.3 Å². The summed E-state index contributed by atoms with van der Waals surface area (Å²) in [5, 5.41) is 12.5. The first kappa shape index (κ1) is 26.0. The lowest BCUT2D eigenvalue weighted by atomic mass is 9.96. The number of sulfonamides is 1. The van der Waals surface area contributed by atoms with Gasteiger partial charge in [0.2, 0.25) is 10.0 Å². The fourth-order valence-electron chi connectivity index (χ4n) is 3.44. The molecule has 0 amide bonds. The van der Waals surface area contributed by atoms with E-state index in [1.807, 2.05) is 37.3 Å². The van der Waals surface area contributed by atoms with Gasteiger partial charge in [0.15, 0.2) is 0 Å². The van der Waals surface area contributed by atoms with Gasteiger partial charge in [0, 0.05) is 19.0 Å². The second-order valence-corrected chi connectivity index (χ2v) is 10.2. The van der Waals surface area contributed by atoms with Crippen molar-refractivity contribution in [1.29, 1.82) is 0 Å². The van der Waals surface area contributed by atoms with Gasteiger partial charge in [0.05, 0.1) is 21.3 Å². The quantitative estimate of drug-likeness (QED) is 0.306. The molecule has 0 radical (unpaired) electrons. The van der Waals surface area contributed by atoms with Gasteiger partial charge in [0.1, 0.15) is 10.7 Å². The molecule has 0 saturated heterocycles. The van der Waals surface area contributed by atoms with Crippen LogP contribution in [0.4, 0.5) is 10.1 Å². The number of anilines is 1. The Morgan fingerprint density at radius 2 is 1.76 bits per heavy atom. The normalized spacial score (nSPS) is 12.4. The molecule has 0 aliphatic rings. The molecule has 0 heterocycles. The molecule has 0 bridgehead atoms. The lowest BCUT2D eigenvalue weighted by Gasteiger charge is -2.19. The topological polar surface area (TPSA) is 95.5 Å². The summed E-state index contributed by atoms with van der Waals surface area (Å²) in [4.78, 5) is 11.5. The zero-order valence-corrected chi connectivity index (χ0v) is 20.5. The smallest absolute Gasteiger partial charge is 0.337 e. The van der Waals surface area contributed by atoms with Crippen molar-refractivity contribution in [1.82, 2.24) is 4.72 Å². The molecule has 0 aliphatic carbocycles. The summed E-state index contributed by atoms with van der Waals surface area (Å²) in [7, 11) is -4.17. The SMILES string of the molecule is CCC(CNc1cc(Cl)c(S(=O)(=O)NCc2ccc(F)c(Cl)c2)cc1C(=O)O)c1ccccc1. The number of carboxylic acid groups (broad SMARTS) is 1. The summed E-state index contributed by atoms with van der Waals surface area (Å²) in [6.07, 6.45) is 0.816. The number of carboxylic acids is 1. The first-order valence-electron chi connectivity index (χ1n) is 10.4. The third kappa shape index (κ3) is 6.27. The Balaban J connectivity index is 1.83. The molecule has 34 heavy (non-hydrogen) atoms. The highest BCUT2D eigenvalue weighted by Crippen LogP contribution is 2.30. The fraction of sp³-hybridized carbons (Fsp3) is 0.208. The number of hydrogen-bond acceptors (Lipinski definition) is 4. The van der Waals surface area contributed by atoms with Gasteiger partial charge in [-0.1, -0.05) is 66.5 Å². The summed E-state index contributed by atoms with van der Waals surface area (Å²) < 4.78 is 41.4. The van der Waals surface area contributed by atoms with Crippen molar-refractivity contribution in [3.8, 4) is 0 Å². The maximum atomic E-state index is 13.3. The molecule has 0 fully saturated rings. The molecule has 1 atom stereocenters. The molecule has 3 aromatic carbocycles. The van der Waals surface area contributed by atoms with Gasteiger partial charge >= 0.3 is 5.97 Å². The predicted octanol–water partition coefficient (Wildman–Crippen LogP) is 5.91. The molecule has 1 unspecified atom stereocenters. The van der Waals surface area contributed by atoms with E-state index in [2.05, 4.69) is 10.0 Å². The summed E-state index contributed by atoms with van der Waals surface area (Å²) in [5.74, 6) is -1.80. The second kappa shape index (κ2) is 11.2. The average Bonchev–Trinajstić information content (AvgIpc) is 2.80. The van der Waals surface area contributed by atoms with Crippen LogP contribution in [0, 0.1) is 5.82 Å². The highest BCUT2D eigenvalue weighted by Gasteiger charge is 2.23. The summed E-state index contributed by atoms with van der Waals surface area (Å²) in [6.45, 7) is 2.28. The average molecular weight is 525 g/mol. The molecule has 180 valence electrons. The Labute approximate surface area is 207 Å². The van der Waals surface area contributed by atoms with Crippen LogP contribution in [0.3, 0.4) is 0 Å². The third-order valence-electron chi connectivity index (χ3n) is 5.34. The molecule has 3 aromatic rings. The molecule has 3 N–H and O–H groups in total. The molecule has 3 rings (SSSR count). The molecular weight excluding hydrogens is 502 g/mol. The largest absolute Gasteiger partial charge is 0.478 e. The molecule has 6 nitrogen and oxygen atoms in total. The van der Waals surface area contributed by atoms with Crippen molar-refractivity contribution in [2.45, 2.75) is 30.7 Å². The van der Waals surface area contributed by atoms with Crippen LogP contribution in [-0.2, 0) is 16.6 Å². The maximum absolute atomic E-state index is 13.3. The molecule has 0 saturated carbocycles. The van der Waals surface area contributed by atoms with Crippen LogP contribution in [-0.4, -0.2) is 26.0 Å². The molecule has 0 aromatic heterocycles. The van der Waals surface area contributed by atoms with Crippen LogP contribution >= 0.6 is 23.2 Å². The lowest BCUT2D eigenvalue weighted by Crippen LogP contribution is -2.24. The zero-order valence-electron chi connectivity index (χ0n) is 18.2. The van der Waals surface area contributed by atoms with Crippen molar-refractivity contribution < 1.29 is 22.7 Å². The fourth-order valence-corrected chi connectivity index (χ4v) is 5.22. The Hall–Kier alpha value is -2.65. The van der Waals surface area contributed by atoms with E-state index < -0.39 is 21.8 Å². The number of benzene rings is 3. The van der Waals surface area contributed by atoms with Crippen molar-refractivity contribution in [3.05, 3.63) is 93.2 Å². The molecule has 0 spiro atoms. The van der Waals surface area contributed by atoms with Gasteiger partial charge in [0.25, 0.3) is 0 Å². The minimum atomic E-state index is -4.17. The zero-order chi connectivity index (χ0) is 24.9. The van der Waals surface area contributed by atoms with Gasteiger partial charge in [-0.3, -0.25) is 0 Å². The Morgan fingerprint density at radius 1 is 1.06 bits per heavy atom. The van der Waals surface area contributed by atoms with Crippen molar-refractivity contribution in [2.24, 2.45) is 0 Å². The van der Waals surface area contributed by atoms with E-state index >= 15 is 0 Å². The Kier molecular flexibility index (Phi) is 8.54. The highest BCUT2D eigenvalue weighted by molar-refractivity contribution is 7.89. The van der Waals surface area contributed by atoms with Crippen molar-refractivity contribution in [3.63, 3.8) is 0 Å². The van der Waals surface area contributed by atoms with E-state index in [-0.39, 0.29) is 38.7 Å². The van der Waals surface area contributed by atoms with Crippen LogP contribution in [0.1, 0.15) is 40.7 Å². The summed E-state index contributed by atoms with van der Waals surface area (Å²) >= 11 is 12.0. The van der Waals surface area contributed by atoms with E-state index in [0.717, 1.165) is 24.1 Å². The number of hydrogen-bond donors (Lipinski definition) is 3. The van der Waals surface area contributed by atoms with E-state index in [9.17, 15) is 22.7 Å². The molecule has 10 heteroatoms. The number of rotatable bonds is 10. The number of halogens is 3. The van der Waals surface area contributed by atoms with Crippen molar-refractivity contribution >= 4 is 44.9 Å². The maximum Gasteiger partial charge on any atom is 0.337 e. The Morgan fingerprint density at radius 3 is 2.38 bits per heavy atom. The van der Waals surface area contributed by atoms with E-state index in [1.165, 1.54) is 18.2 Å². The van der Waals surface area contributed by atoms with Crippen LogP contribution in [0.5, 0.6) is 0 Å². The van der Waals surface area contributed by atoms with Gasteiger partial charge in [-0.05, 0) is 41.8 Å². The highest BCUT2D eigenvalue weighted by atomic mass is 35.5. The van der Waals surface area contributed by atoms with E-state index in [4.69, 9.17) is 23.2 Å². The Bertz CT molecular complexity index is 1290. The third-order valence-corrected chi connectivity index (χ3v) is 7.50. The second-order valence-electron chi connectivity index (χ2n) is 7.60. The molecule has 0 aliphatic heterocycles. The van der Waals surface area contributed by atoms with Gasteiger partial charge in [-0.15, -0.1) is 0 Å². The van der Waals surface area contributed by atoms with Crippen LogP contribution in [0.25, 0.3) is 0 Å². The standard InChI is InChI=1S/C24H23Cl2FN2O4S/c1-2-16(17-6-4-3-5-7-17)14-28-22-12-20(26)23(11-18(22)24(30)31)34(32,33)29-13-15-8-9-21(27)19(25)10-15/h3-12,16,28-29H,2,13-14H2,1H3,(H,30,31). The molecular formula is C24H23Cl2FN2O4S. The van der Waals surface area contributed by atoms with E-state index in [0.29, 0.717) is 12.1 Å². The lowest BCUT2D eigenvalue weighted by molar-refractivity contribution is 0.0697. The minimum absolute atomic E-state index is 0.120. The van der Waals surface area contributed by atoms with Crippen LogP contribution in [0.2, 0.25) is 10.0 Å². The number of aromatic carboxylic acids is 1. The minimum Gasteiger partial charge on any atom is -0.478 e. The monoisotopic (exact) mass is 524 g/mol. The van der Waals surface area contributed by atoms with E-state index in [1.54, 1.807) is 0 Å². The summed E-state index contributed by atoms with van der Waals surface area (Å²) in [5.41, 5.74) is 1.52. The first-order chi connectivity index (χ1) is 16.1. The van der Waals surface area contributed by atoms with Crippen LogP contribution < -0.4 is 10.0 Å². The predicted molar refractivity (Wildman–Crippen MR) is 132 cm³/mol. The first-order valence-corrected chi connectivity index (χ1v) is 12.7. The van der Waals surface area contributed by atoms with Crippen molar-refractivity contribution in [2.75, 3.05) is 11.9 Å².